The summed E-state index contributed by atoms with van der Waals surface area (Å²) in [5.74, 6) is 0.441. The van der Waals surface area contributed by atoms with E-state index in [2.05, 4.69) is 44.5 Å². The minimum Gasteiger partial charge on any atom is -0.448 e. The Morgan fingerprint density at radius 3 is 2.42 bits per heavy atom. The Hall–Kier alpha value is -3.54. The molecule has 1 N–H and O–H groups in total. The van der Waals surface area contributed by atoms with Gasteiger partial charge in [-0.3, -0.25) is 10.3 Å². The summed E-state index contributed by atoms with van der Waals surface area (Å²) in [6, 6.07) is 16.4. The standard InChI is InChI=1S/C20H16N4O2/c25-20(24-13-23-19-11-21-9-10-22-19)26-12-18-16-7-3-1-5-14(16)15-6-2-4-8-17(15)18/h1-11,13,18H,12H2,(H,22,23,24,25). The predicted molar refractivity (Wildman–Crippen MR) is 98.4 cm³/mol. The highest BCUT2D eigenvalue weighted by atomic mass is 16.5. The lowest BCUT2D eigenvalue weighted by Gasteiger charge is -2.13. The molecule has 1 aromatic heterocycles. The number of amides is 1. The van der Waals surface area contributed by atoms with E-state index >= 15 is 0 Å². The monoisotopic (exact) mass is 344 g/mol. The number of hydrogen-bond acceptors (Lipinski definition) is 5. The molecule has 0 saturated carbocycles. The van der Waals surface area contributed by atoms with Gasteiger partial charge in [-0.2, -0.15) is 0 Å². The van der Waals surface area contributed by atoms with Crippen LogP contribution < -0.4 is 5.32 Å². The van der Waals surface area contributed by atoms with Crippen molar-refractivity contribution >= 4 is 18.2 Å². The van der Waals surface area contributed by atoms with Gasteiger partial charge in [0.1, 0.15) is 6.61 Å². The van der Waals surface area contributed by atoms with Crippen molar-refractivity contribution in [1.82, 2.24) is 15.3 Å². The van der Waals surface area contributed by atoms with Crippen LogP contribution in [-0.4, -0.2) is 29.0 Å². The third-order valence-electron chi connectivity index (χ3n) is 4.27. The maximum Gasteiger partial charge on any atom is 0.412 e. The second-order valence-corrected chi connectivity index (χ2v) is 5.79. The molecule has 128 valence electrons. The smallest absolute Gasteiger partial charge is 0.412 e. The number of ether oxygens (including phenoxy) is 1. The lowest BCUT2D eigenvalue weighted by molar-refractivity contribution is 0.148. The van der Waals surface area contributed by atoms with Crippen LogP contribution in [-0.2, 0) is 4.74 Å². The Balaban J connectivity index is 1.42. The molecule has 0 unspecified atom stereocenters. The maximum absolute atomic E-state index is 12.0. The van der Waals surface area contributed by atoms with Crippen LogP contribution in [0.3, 0.4) is 0 Å². The van der Waals surface area contributed by atoms with Gasteiger partial charge in [0.05, 0.1) is 12.5 Å². The quantitative estimate of drug-likeness (QED) is 0.579. The number of nitrogens with zero attached hydrogens (tertiary/aromatic N) is 3. The summed E-state index contributed by atoms with van der Waals surface area (Å²) in [6.45, 7) is 0.263. The number of alkyl carbamates (subject to hydrolysis) is 1. The highest BCUT2D eigenvalue weighted by Crippen LogP contribution is 2.44. The van der Waals surface area contributed by atoms with Crippen molar-refractivity contribution in [1.29, 1.82) is 0 Å². The molecule has 26 heavy (non-hydrogen) atoms. The van der Waals surface area contributed by atoms with Crippen molar-refractivity contribution < 1.29 is 9.53 Å². The van der Waals surface area contributed by atoms with Crippen LogP contribution in [0.15, 0.2) is 72.1 Å². The number of rotatable bonds is 4. The summed E-state index contributed by atoms with van der Waals surface area (Å²) >= 11 is 0. The number of hydrogen-bond donors (Lipinski definition) is 1. The van der Waals surface area contributed by atoms with E-state index in [0.717, 1.165) is 0 Å². The van der Waals surface area contributed by atoms with Gasteiger partial charge in [-0.05, 0) is 22.3 Å². The van der Waals surface area contributed by atoms with Gasteiger partial charge in [-0.15, -0.1) is 0 Å². The molecule has 1 aliphatic carbocycles. The molecule has 0 aliphatic heterocycles. The van der Waals surface area contributed by atoms with Crippen LogP contribution in [0.25, 0.3) is 11.1 Å². The number of nitrogens with one attached hydrogen (secondary N) is 1. The van der Waals surface area contributed by atoms with E-state index in [9.17, 15) is 4.79 Å². The van der Waals surface area contributed by atoms with Gasteiger partial charge in [-0.1, -0.05) is 48.5 Å². The van der Waals surface area contributed by atoms with Crippen LogP contribution in [0.5, 0.6) is 0 Å². The number of fused-ring (bicyclic) bond motifs is 3. The van der Waals surface area contributed by atoms with Crippen LogP contribution in [0.4, 0.5) is 10.6 Å². The fourth-order valence-corrected chi connectivity index (χ4v) is 3.15. The molecule has 0 saturated heterocycles. The van der Waals surface area contributed by atoms with Gasteiger partial charge in [0, 0.05) is 18.3 Å². The summed E-state index contributed by atoms with van der Waals surface area (Å²) in [4.78, 5) is 23.8. The fourth-order valence-electron chi connectivity index (χ4n) is 3.15. The van der Waals surface area contributed by atoms with E-state index in [4.69, 9.17) is 4.74 Å². The van der Waals surface area contributed by atoms with E-state index in [1.165, 1.54) is 41.0 Å². The molecule has 0 bridgehead atoms. The second kappa shape index (κ2) is 7.14. The number of carbonyl (C=O) groups excluding carboxylic acids is 1. The number of benzene rings is 2. The summed E-state index contributed by atoms with van der Waals surface area (Å²) in [7, 11) is 0. The third kappa shape index (κ3) is 3.17. The van der Waals surface area contributed by atoms with Gasteiger partial charge in [0.2, 0.25) is 0 Å². The summed E-state index contributed by atoms with van der Waals surface area (Å²) in [6.07, 6.45) is 5.27. The first kappa shape index (κ1) is 16.0. The van der Waals surface area contributed by atoms with E-state index in [1.807, 2.05) is 24.3 Å². The first-order valence-electron chi connectivity index (χ1n) is 8.23. The van der Waals surface area contributed by atoms with Crippen LogP contribution in [0, 0.1) is 0 Å². The van der Waals surface area contributed by atoms with Crippen molar-refractivity contribution in [2.24, 2.45) is 4.99 Å². The Bertz CT molecular complexity index is 911. The van der Waals surface area contributed by atoms with Crippen molar-refractivity contribution in [2.45, 2.75) is 5.92 Å². The topological polar surface area (TPSA) is 76.5 Å². The molecule has 4 rings (SSSR count). The predicted octanol–water partition coefficient (Wildman–Crippen LogP) is 3.68. The molecule has 0 fully saturated rings. The molecular formula is C20H16N4O2. The van der Waals surface area contributed by atoms with Gasteiger partial charge in [0.15, 0.2) is 5.82 Å². The summed E-state index contributed by atoms with van der Waals surface area (Å²) in [5.41, 5.74) is 4.74. The molecule has 1 heterocycles. The Morgan fingerprint density at radius 1 is 1.08 bits per heavy atom. The Morgan fingerprint density at radius 2 is 1.77 bits per heavy atom. The lowest BCUT2D eigenvalue weighted by atomic mass is 9.98. The zero-order valence-electron chi connectivity index (χ0n) is 13.9. The average Bonchev–Trinajstić information content (AvgIpc) is 3.01. The molecule has 0 radical (unpaired) electrons. The average molecular weight is 344 g/mol. The molecule has 3 aromatic rings. The van der Waals surface area contributed by atoms with E-state index in [-0.39, 0.29) is 12.5 Å². The van der Waals surface area contributed by atoms with E-state index in [0.29, 0.717) is 5.82 Å². The van der Waals surface area contributed by atoms with Crippen molar-refractivity contribution in [3.05, 3.63) is 78.2 Å². The molecule has 0 atom stereocenters. The number of carbonyl (C=O) groups is 1. The molecule has 2 aromatic carbocycles. The van der Waals surface area contributed by atoms with Crippen LogP contribution >= 0.6 is 0 Å². The lowest BCUT2D eigenvalue weighted by Crippen LogP contribution is -2.24. The maximum atomic E-state index is 12.0. The first-order valence-corrected chi connectivity index (χ1v) is 8.23. The normalized spacial score (nSPS) is 12.6. The van der Waals surface area contributed by atoms with Gasteiger partial charge >= 0.3 is 6.09 Å². The van der Waals surface area contributed by atoms with Crippen LogP contribution in [0.2, 0.25) is 0 Å². The molecule has 6 heteroatoms. The highest BCUT2D eigenvalue weighted by molar-refractivity contribution is 5.83. The zero-order chi connectivity index (χ0) is 17.8. The molecular weight excluding hydrogens is 328 g/mol. The summed E-state index contributed by atoms with van der Waals surface area (Å²) < 4.78 is 5.40. The zero-order valence-corrected chi connectivity index (χ0v) is 13.9. The van der Waals surface area contributed by atoms with Crippen molar-refractivity contribution in [3.63, 3.8) is 0 Å². The minimum atomic E-state index is -0.556. The molecule has 1 aliphatic rings. The summed E-state index contributed by atoms with van der Waals surface area (Å²) in [5, 5.41) is 2.48. The Labute approximate surface area is 150 Å². The number of aliphatic imine (C=N–C) groups is 1. The SMILES string of the molecule is O=C(NC=Nc1cnccn1)OCC1c2ccccc2-c2ccccc21. The van der Waals surface area contributed by atoms with Gasteiger partial charge in [0.25, 0.3) is 0 Å². The minimum absolute atomic E-state index is 0.0325. The molecule has 1 amide bonds. The van der Waals surface area contributed by atoms with Gasteiger partial charge in [-0.25, -0.2) is 14.8 Å². The van der Waals surface area contributed by atoms with Crippen LogP contribution in [0.1, 0.15) is 17.0 Å². The second-order valence-electron chi connectivity index (χ2n) is 5.79. The first-order chi connectivity index (χ1) is 12.8. The van der Waals surface area contributed by atoms with Crippen molar-refractivity contribution in [2.75, 3.05) is 6.61 Å². The van der Waals surface area contributed by atoms with Gasteiger partial charge < -0.3 is 4.74 Å². The van der Waals surface area contributed by atoms with E-state index < -0.39 is 6.09 Å². The largest absolute Gasteiger partial charge is 0.448 e. The third-order valence-corrected chi connectivity index (χ3v) is 4.27. The number of aromatic nitrogens is 2. The van der Waals surface area contributed by atoms with Crippen molar-refractivity contribution in [3.8, 4) is 11.1 Å². The Kier molecular flexibility index (Phi) is 4.38. The molecule has 6 nitrogen and oxygen atoms in total. The van der Waals surface area contributed by atoms with E-state index in [1.54, 1.807) is 6.20 Å². The highest BCUT2D eigenvalue weighted by Gasteiger charge is 2.28. The molecule has 0 spiro atoms. The fraction of sp³-hybridized carbons (Fsp3) is 0.100.